The van der Waals surface area contributed by atoms with E-state index in [1.54, 1.807) is 0 Å². The lowest BCUT2D eigenvalue weighted by Gasteiger charge is -2.39. The Labute approximate surface area is 177 Å². The Hall–Kier alpha value is -3.27. The third-order valence-electron chi connectivity index (χ3n) is 6.17. The van der Waals surface area contributed by atoms with Crippen LogP contribution in [-0.4, -0.2) is 22.3 Å². The number of rotatable bonds is 5. The summed E-state index contributed by atoms with van der Waals surface area (Å²) in [6.45, 7) is 2.12. The number of nitrogens with one attached hydrogen (secondary N) is 1. The van der Waals surface area contributed by atoms with Crippen molar-refractivity contribution in [3.05, 3.63) is 84.6 Å². The fourth-order valence-electron chi connectivity index (χ4n) is 4.66. The Morgan fingerprint density at radius 1 is 0.900 bits per heavy atom. The van der Waals surface area contributed by atoms with Gasteiger partial charge in [0, 0.05) is 34.8 Å². The third-order valence-corrected chi connectivity index (χ3v) is 6.17. The largest absolute Gasteiger partial charge is 0.490 e. The third kappa shape index (κ3) is 3.65. The summed E-state index contributed by atoms with van der Waals surface area (Å²) >= 11 is 0. The zero-order chi connectivity index (χ0) is 20.3. The van der Waals surface area contributed by atoms with Crippen LogP contribution in [0.3, 0.4) is 0 Å². The number of anilines is 2. The predicted molar refractivity (Wildman–Crippen MR) is 123 cm³/mol. The van der Waals surface area contributed by atoms with E-state index in [0.717, 1.165) is 35.1 Å². The van der Waals surface area contributed by atoms with E-state index in [1.807, 2.05) is 6.20 Å². The Balaban J connectivity index is 1.40. The number of aromatic nitrogens is 2. The molecule has 1 fully saturated rings. The molecule has 2 atom stereocenters. The molecule has 4 aromatic rings. The van der Waals surface area contributed by atoms with Crippen LogP contribution in [0, 0.1) is 6.92 Å². The van der Waals surface area contributed by atoms with Crippen LogP contribution in [0.4, 0.5) is 11.4 Å². The molecule has 0 radical (unpaired) electrons. The van der Waals surface area contributed by atoms with Gasteiger partial charge < -0.3 is 9.64 Å². The van der Waals surface area contributed by atoms with Gasteiger partial charge in [-0.25, -0.2) is 0 Å². The van der Waals surface area contributed by atoms with Crippen molar-refractivity contribution in [2.24, 2.45) is 0 Å². The summed E-state index contributed by atoms with van der Waals surface area (Å²) in [5.74, 6) is 0.973. The minimum atomic E-state index is 0.210. The van der Waals surface area contributed by atoms with Gasteiger partial charge in [0.05, 0.1) is 11.7 Å². The summed E-state index contributed by atoms with van der Waals surface area (Å²) in [5.41, 5.74) is 4.70. The highest BCUT2D eigenvalue weighted by Crippen LogP contribution is 2.36. The van der Waals surface area contributed by atoms with Crippen molar-refractivity contribution >= 4 is 22.3 Å². The van der Waals surface area contributed by atoms with Gasteiger partial charge in [-0.1, -0.05) is 36.4 Å². The van der Waals surface area contributed by atoms with E-state index in [4.69, 9.17) is 4.74 Å². The number of benzene rings is 3. The van der Waals surface area contributed by atoms with Crippen molar-refractivity contribution in [3.63, 3.8) is 0 Å². The molecule has 3 aromatic carbocycles. The Morgan fingerprint density at radius 3 is 2.30 bits per heavy atom. The first kappa shape index (κ1) is 18.7. The molecule has 152 valence electrons. The summed E-state index contributed by atoms with van der Waals surface area (Å²) in [6.07, 6.45) is 6.53. The van der Waals surface area contributed by atoms with E-state index >= 15 is 0 Å². The molecule has 0 spiro atoms. The predicted octanol–water partition coefficient (Wildman–Crippen LogP) is 6.40. The van der Waals surface area contributed by atoms with Gasteiger partial charge in [-0.3, -0.25) is 5.10 Å². The van der Waals surface area contributed by atoms with E-state index in [-0.39, 0.29) is 6.10 Å². The van der Waals surface area contributed by atoms with Crippen LogP contribution in [-0.2, 0) is 0 Å². The smallest absolute Gasteiger partial charge is 0.123 e. The highest BCUT2D eigenvalue weighted by atomic mass is 16.5. The number of hydrogen-bond donors (Lipinski definition) is 1. The van der Waals surface area contributed by atoms with E-state index < -0.39 is 0 Å². The average Bonchev–Trinajstić information content (AvgIpc) is 3.28. The minimum Gasteiger partial charge on any atom is -0.490 e. The Morgan fingerprint density at radius 2 is 1.60 bits per heavy atom. The van der Waals surface area contributed by atoms with E-state index in [2.05, 4.69) is 94.8 Å². The highest BCUT2D eigenvalue weighted by Gasteiger charge is 2.29. The van der Waals surface area contributed by atoms with Crippen molar-refractivity contribution in [3.8, 4) is 5.75 Å². The second-order valence-corrected chi connectivity index (χ2v) is 8.12. The molecule has 0 amide bonds. The second kappa shape index (κ2) is 8.23. The van der Waals surface area contributed by atoms with Crippen molar-refractivity contribution < 1.29 is 4.74 Å². The van der Waals surface area contributed by atoms with Crippen LogP contribution in [0.25, 0.3) is 10.9 Å². The lowest BCUT2D eigenvalue weighted by molar-refractivity contribution is 0.143. The first-order valence-corrected chi connectivity index (χ1v) is 10.8. The maximum absolute atomic E-state index is 6.55. The quantitative estimate of drug-likeness (QED) is 0.424. The number of para-hydroxylation sites is 2. The van der Waals surface area contributed by atoms with Crippen LogP contribution in [0.1, 0.15) is 31.2 Å². The molecular formula is C26H27N3O. The number of aromatic amines is 1. The second-order valence-electron chi connectivity index (χ2n) is 8.12. The molecule has 1 N–H and O–H groups in total. The van der Waals surface area contributed by atoms with Crippen LogP contribution < -0.4 is 9.64 Å². The van der Waals surface area contributed by atoms with Gasteiger partial charge in [0.25, 0.3) is 0 Å². The molecule has 1 saturated carbocycles. The fraction of sp³-hybridized carbons (Fsp3) is 0.269. The number of nitrogens with zero attached hydrogens (tertiary/aromatic N) is 2. The molecule has 4 heteroatoms. The van der Waals surface area contributed by atoms with Gasteiger partial charge in [-0.15, -0.1) is 0 Å². The lowest BCUT2D eigenvalue weighted by Crippen LogP contribution is -2.39. The zero-order valence-corrected chi connectivity index (χ0v) is 17.3. The van der Waals surface area contributed by atoms with Crippen molar-refractivity contribution in [1.29, 1.82) is 0 Å². The van der Waals surface area contributed by atoms with Crippen LogP contribution in [0.5, 0.6) is 5.75 Å². The summed E-state index contributed by atoms with van der Waals surface area (Å²) < 4.78 is 6.55. The monoisotopic (exact) mass is 397 g/mol. The molecule has 0 saturated heterocycles. The Bertz CT molecular complexity index is 1070. The molecular weight excluding hydrogens is 370 g/mol. The van der Waals surface area contributed by atoms with E-state index in [0.29, 0.717) is 6.04 Å². The van der Waals surface area contributed by atoms with E-state index in [1.165, 1.54) is 24.2 Å². The molecule has 30 heavy (non-hydrogen) atoms. The number of hydrogen-bond acceptors (Lipinski definition) is 3. The maximum atomic E-state index is 6.55. The Kier molecular flexibility index (Phi) is 5.14. The molecule has 0 aliphatic heterocycles. The number of ether oxygens (including phenoxy) is 1. The van der Waals surface area contributed by atoms with Crippen molar-refractivity contribution in [2.45, 2.75) is 44.8 Å². The molecule has 4 nitrogen and oxygen atoms in total. The molecule has 0 bridgehead atoms. The first-order chi connectivity index (χ1) is 14.8. The van der Waals surface area contributed by atoms with Gasteiger partial charge in [-0.05, 0) is 62.6 Å². The summed E-state index contributed by atoms with van der Waals surface area (Å²) in [5, 5.41) is 8.34. The molecule has 1 aliphatic rings. The van der Waals surface area contributed by atoms with Gasteiger partial charge in [-0.2, -0.15) is 5.10 Å². The first-order valence-electron chi connectivity index (χ1n) is 10.8. The topological polar surface area (TPSA) is 41.1 Å². The molecule has 1 aromatic heterocycles. The SMILES string of the molecule is Cc1c(O[C@H]2CCC[C@@H](N(c3ccccc3)c3ccccc3)C2)ccc2[nH]ncc12. The lowest BCUT2D eigenvalue weighted by atomic mass is 9.90. The average molecular weight is 398 g/mol. The zero-order valence-electron chi connectivity index (χ0n) is 17.3. The molecule has 5 rings (SSSR count). The van der Waals surface area contributed by atoms with Gasteiger partial charge in [0.1, 0.15) is 11.9 Å². The van der Waals surface area contributed by atoms with Gasteiger partial charge in [0.15, 0.2) is 0 Å². The van der Waals surface area contributed by atoms with Crippen LogP contribution >= 0.6 is 0 Å². The summed E-state index contributed by atoms with van der Waals surface area (Å²) in [7, 11) is 0. The number of aryl methyl sites for hydroxylation is 1. The summed E-state index contributed by atoms with van der Waals surface area (Å²) in [4.78, 5) is 2.49. The van der Waals surface area contributed by atoms with Crippen LogP contribution in [0.15, 0.2) is 79.0 Å². The standard InChI is InChI=1S/C26H27N3O/c1-19-24-18-27-28-25(24)15-16-26(19)30-23-14-8-13-22(17-23)29(20-9-4-2-5-10-20)21-11-6-3-7-12-21/h2-7,9-12,15-16,18,22-23H,8,13-14,17H2,1H3,(H,27,28)/t22-,23+/m1/s1. The van der Waals surface area contributed by atoms with Gasteiger partial charge >= 0.3 is 0 Å². The maximum Gasteiger partial charge on any atom is 0.123 e. The number of H-pyrrole nitrogens is 1. The normalized spacial score (nSPS) is 19.0. The minimum absolute atomic E-state index is 0.210. The highest BCUT2D eigenvalue weighted by molar-refractivity contribution is 5.83. The number of fused-ring (bicyclic) bond motifs is 1. The van der Waals surface area contributed by atoms with Crippen molar-refractivity contribution in [2.75, 3.05) is 4.90 Å². The fourth-order valence-corrected chi connectivity index (χ4v) is 4.66. The van der Waals surface area contributed by atoms with Crippen LogP contribution in [0.2, 0.25) is 0 Å². The molecule has 0 unspecified atom stereocenters. The van der Waals surface area contributed by atoms with Gasteiger partial charge in [0.2, 0.25) is 0 Å². The van der Waals surface area contributed by atoms with E-state index in [9.17, 15) is 0 Å². The molecule has 1 heterocycles. The van der Waals surface area contributed by atoms with Crippen molar-refractivity contribution in [1.82, 2.24) is 10.2 Å². The molecule has 1 aliphatic carbocycles. The summed E-state index contributed by atoms with van der Waals surface area (Å²) in [6, 6.07) is 26.0.